The number of fused-ring (bicyclic) bond motifs is 3. The smallest absolute Gasteiger partial charge is 0.243 e. The van der Waals surface area contributed by atoms with Crippen LogP contribution in [0.3, 0.4) is 0 Å². The molecule has 1 aromatic heterocycles. The maximum absolute atomic E-state index is 13.4. The molecule has 6 heteroatoms. The maximum Gasteiger partial charge on any atom is 0.243 e. The van der Waals surface area contributed by atoms with Crippen molar-refractivity contribution in [3.63, 3.8) is 0 Å². The summed E-state index contributed by atoms with van der Waals surface area (Å²) in [5.41, 5.74) is 7.35. The van der Waals surface area contributed by atoms with Crippen LogP contribution in [0.4, 0.5) is 5.69 Å². The molecule has 0 atom stereocenters. The highest BCUT2D eigenvalue weighted by Gasteiger charge is 2.29. The molecule has 2 aliphatic rings. The van der Waals surface area contributed by atoms with Crippen molar-refractivity contribution in [3.05, 3.63) is 58.8 Å². The lowest BCUT2D eigenvalue weighted by Gasteiger charge is -2.36. The molecular weight excluding hydrogens is 394 g/mol. The summed E-state index contributed by atoms with van der Waals surface area (Å²) in [4.78, 5) is 6.21. The highest BCUT2D eigenvalue weighted by molar-refractivity contribution is 7.89. The van der Waals surface area contributed by atoms with Gasteiger partial charge >= 0.3 is 0 Å². The van der Waals surface area contributed by atoms with E-state index in [1.54, 1.807) is 10.4 Å². The zero-order valence-corrected chi connectivity index (χ0v) is 18.6. The Hall–Kier alpha value is -2.31. The Bertz CT molecular complexity index is 1200. The van der Waals surface area contributed by atoms with Crippen molar-refractivity contribution < 1.29 is 8.42 Å². The van der Waals surface area contributed by atoms with Crippen LogP contribution in [0.15, 0.2) is 41.3 Å². The summed E-state index contributed by atoms with van der Waals surface area (Å²) >= 11 is 0. The number of H-pyrrole nitrogens is 1. The number of rotatable bonds is 3. The summed E-state index contributed by atoms with van der Waals surface area (Å²) in [6, 6.07) is 12.0. The Morgan fingerprint density at radius 3 is 2.43 bits per heavy atom. The molecule has 30 heavy (non-hydrogen) atoms. The quantitative estimate of drug-likeness (QED) is 0.688. The van der Waals surface area contributed by atoms with E-state index in [1.807, 2.05) is 12.1 Å². The summed E-state index contributed by atoms with van der Waals surface area (Å²) < 4.78 is 28.4. The van der Waals surface area contributed by atoms with Gasteiger partial charge in [-0.05, 0) is 74.9 Å². The van der Waals surface area contributed by atoms with Gasteiger partial charge in [-0.3, -0.25) is 0 Å². The molecule has 0 amide bonds. The number of sulfonamides is 1. The highest BCUT2D eigenvalue weighted by atomic mass is 32.2. The highest BCUT2D eigenvalue weighted by Crippen LogP contribution is 2.32. The second-order valence-corrected chi connectivity index (χ2v) is 10.6. The van der Waals surface area contributed by atoms with Crippen LogP contribution in [0.25, 0.3) is 10.9 Å². The van der Waals surface area contributed by atoms with Crippen molar-refractivity contribution in [2.24, 2.45) is 0 Å². The monoisotopic (exact) mass is 423 g/mol. The van der Waals surface area contributed by atoms with Crippen LogP contribution in [0.5, 0.6) is 0 Å². The molecule has 0 saturated carbocycles. The summed E-state index contributed by atoms with van der Waals surface area (Å²) in [6.07, 6.45) is 4.48. The van der Waals surface area contributed by atoms with Crippen LogP contribution in [-0.4, -0.2) is 43.9 Å². The molecule has 3 aromatic rings. The molecular formula is C24H29N3O2S. The van der Waals surface area contributed by atoms with Crippen LogP contribution in [0.2, 0.25) is 0 Å². The molecule has 1 N–H and O–H groups in total. The van der Waals surface area contributed by atoms with E-state index in [9.17, 15) is 8.42 Å². The zero-order valence-electron chi connectivity index (χ0n) is 17.7. The molecule has 5 nitrogen and oxygen atoms in total. The van der Waals surface area contributed by atoms with Crippen LogP contribution in [0.1, 0.15) is 35.2 Å². The third-order valence-electron chi connectivity index (χ3n) is 6.64. The standard InChI is InChI=1S/C24H29N3O2S/c1-17-7-10-24(18(2)15-17)26-11-13-27(14-12-26)30(28,29)19-8-9-23-21(16-19)20-5-3-4-6-22(20)25-23/h7-10,15-16,25H,3-6,11-14H2,1-2H3. The summed E-state index contributed by atoms with van der Waals surface area (Å²) in [6.45, 7) is 6.67. The van der Waals surface area contributed by atoms with Crippen molar-refractivity contribution in [3.8, 4) is 0 Å². The number of aromatic nitrogens is 1. The zero-order chi connectivity index (χ0) is 20.9. The van der Waals surface area contributed by atoms with E-state index in [4.69, 9.17) is 0 Å². The second-order valence-electron chi connectivity index (χ2n) is 8.68. The van der Waals surface area contributed by atoms with Gasteiger partial charge in [0.1, 0.15) is 0 Å². The van der Waals surface area contributed by atoms with Crippen molar-refractivity contribution in [1.82, 2.24) is 9.29 Å². The Balaban J connectivity index is 1.38. The van der Waals surface area contributed by atoms with E-state index >= 15 is 0 Å². The average Bonchev–Trinajstić information content (AvgIpc) is 3.12. The molecule has 0 spiro atoms. The molecule has 0 unspecified atom stereocenters. The number of anilines is 1. The van der Waals surface area contributed by atoms with Crippen molar-refractivity contribution in [2.45, 2.75) is 44.4 Å². The predicted octanol–water partition coefficient (Wildman–Crippen LogP) is 4.17. The first-order valence-electron chi connectivity index (χ1n) is 10.9. The van der Waals surface area contributed by atoms with Crippen LogP contribution < -0.4 is 4.90 Å². The molecule has 0 radical (unpaired) electrons. The van der Waals surface area contributed by atoms with Gasteiger partial charge in [0.2, 0.25) is 10.0 Å². The minimum Gasteiger partial charge on any atom is -0.369 e. The van der Waals surface area contributed by atoms with Gasteiger partial charge in [0.05, 0.1) is 4.90 Å². The minimum absolute atomic E-state index is 0.419. The third kappa shape index (κ3) is 3.32. The number of nitrogens with one attached hydrogen (secondary N) is 1. The van der Waals surface area contributed by atoms with Crippen molar-refractivity contribution in [2.75, 3.05) is 31.1 Å². The lowest BCUT2D eigenvalue weighted by atomic mass is 9.96. The molecule has 158 valence electrons. The van der Waals surface area contributed by atoms with Gasteiger partial charge in [-0.25, -0.2) is 8.42 Å². The SMILES string of the molecule is Cc1ccc(N2CCN(S(=O)(=O)c3ccc4[nH]c5c(c4c3)CCCC5)CC2)c(C)c1. The van der Waals surface area contributed by atoms with E-state index in [0.717, 1.165) is 23.7 Å². The number of benzene rings is 2. The number of aromatic amines is 1. The molecule has 1 aliphatic heterocycles. The molecule has 1 fully saturated rings. The predicted molar refractivity (Wildman–Crippen MR) is 122 cm³/mol. The summed E-state index contributed by atoms with van der Waals surface area (Å²) in [7, 11) is -3.49. The molecule has 2 aromatic carbocycles. The number of hydrogen-bond acceptors (Lipinski definition) is 3. The van der Waals surface area contributed by atoms with E-state index in [0.29, 0.717) is 31.1 Å². The Morgan fingerprint density at radius 2 is 1.67 bits per heavy atom. The van der Waals surface area contributed by atoms with Gasteiger partial charge in [-0.2, -0.15) is 4.31 Å². The van der Waals surface area contributed by atoms with Gasteiger partial charge in [0.15, 0.2) is 0 Å². The molecule has 1 aliphatic carbocycles. The van der Waals surface area contributed by atoms with E-state index < -0.39 is 10.0 Å². The lowest BCUT2D eigenvalue weighted by Crippen LogP contribution is -2.48. The fourth-order valence-electron chi connectivity index (χ4n) is 5.02. The van der Waals surface area contributed by atoms with Gasteiger partial charge in [-0.1, -0.05) is 17.7 Å². The Labute approximate surface area is 178 Å². The average molecular weight is 424 g/mol. The van der Waals surface area contributed by atoms with Gasteiger partial charge in [0, 0.05) is 48.5 Å². The fourth-order valence-corrected chi connectivity index (χ4v) is 6.47. The first-order chi connectivity index (χ1) is 14.4. The summed E-state index contributed by atoms with van der Waals surface area (Å²) in [5.74, 6) is 0. The molecule has 2 heterocycles. The largest absolute Gasteiger partial charge is 0.369 e. The van der Waals surface area contributed by atoms with Gasteiger partial charge < -0.3 is 9.88 Å². The fraction of sp³-hybridized carbons (Fsp3) is 0.417. The minimum atomic E-state index is -3.49. The lowest BCUT2D eigenvalue weighted by molar-refractivity contribution is 0.385. The summed E-state index contributed by atoms with van der Waals surface area (Å²) in [5, 5.41) is 1.08. The first-order valence-corrected chi connectivity index (χ1v) is 12.3. The van der Waals surface area contributed by atoms with Crippen LogP contribution in [0, 0.1) is 13.8 Å². The Morgan fingerprint density at radius 1 is 0.900 bits per heavy atom. The number of hydrogen-bond donors (Lipinski definition) is 1. The van der Waals surface area contributed by atoms with E-state index in [1.165, 1.54) is 40.9 Å². The molecule has 0 bridgehead atoms. The third-order valence-corrected chi connectivity index (χ3v) is 8.53. The van der Waals surface area contributed by atoms with Crippen molar-refractivity contribution in [1.29, 1.82) is 0 Å². The van der Waals surface area contributed by atoms with Crippen LogP contribution >= 0.6 is 0 Å². The number of nitrogens with zero attached hydrogens (tertiary/aromatic N) is 2. The topological polar surface area (TPSA) is 56.4 Å². The maximum atomic E-state index is 13.4. The molecule has 5 rings (SSSR count). The van der Waals surface area contributed by atoms with E-state index in [-0.39, 0.29) is 0 Å². The van der Waals surface area contributed by atoms with E-state index in [2.05, 4.69) is 41.9 Å². The number of aryl methyl sites for hydroxylation is 4. The van der Waals surface area contributed by atoms with Gasteiger partial charge in [-0.15, -0.1) is 0 Å². The first kappa shape index (κ1) is 19.6. The normalized spacial score (nSPS) is 18.0. The Kier molecular flexibility index (Phi) is 4.86. The van der Waals surface area contributed by atoms with Crippen molar-refractivity contribution >= 4 is 26.6 Å². The van der Waals surface area contributed by atoms with Crippen LogP contribution in [-0.2, 0) is 22.9 Å². The second kappa shape index (κ2) is 7.43. The van der Waals surface area contributed by atoms with Gasteiger partial charge in [0.25, 0.3) is 0 Å². The molecule has 1 saturated heterocycles. The number of piperazine rings is 1.